The highest BCUT2D eigenvalue weighted by atomic mass is 35.5. The zero-order valence-corrected chi connectivity index (χ0v) is 14.4. The molecule has 0 amide bonds. The molecule has 6 nitrogen and oxygen atoms in total. The van der Waals surface area contributed by atoms with Gasteiger partial charge in [-0.3, -0.25) is 0 Å². The number of aliphatic hydroxyl groups is 2. The van der Waals surface area contributed by atoms with Gasteiger partial charge in [0.15, 0.2) is 6.29 Å². The number of hydrogen-bond donors (Lipinski definition) is 3. The molecular weight excluding hydrogens is 330 g/mol. The fourth-order valence-corrected chi connectivity index (χ4v) is 3.66. The van der Waals surface area contributed by atoms with Crippen LogP contribution in [0.1, 0.15) is 25.7 Å². The summed E-state index contributed by atoms with van der Waals surface area (Å²) < 4.78 is 17.0. The fourth-order valence-electron chi connectivity index (χ4n) is 2.59. The summed E-state index contributed by atoms with van der Waals surface area (Å²) in [4.78, 5) is 0. The highest BCUT2D eigenvalue weighted by molar-refractivity contribution is 7.99. The second-order valence-corrected chi connectivity index (χ2v) is 6.66. The van der Waals surface area contributed by atoms with E-state index in [-0.39, 0.29) is 18.5 Å². The van der Waals surface area contributed by atoms with E-state index in [0.717, 1.165) is 43.7 Å². The molecule has 0 aromatic rings. The first-order valence-corrected chi connectivity index (χ1v) is 8.92. The summed E-state index contributed by atoms with van der Waals surface area (Å²) in [7, 11) is 0. The Hall–Kier alpha value is 0.400. The molecule has 0 spiro atoms. The molecule has 0 aliphatic carbocycles. The lowest BCUT2D eigenvalue weighted by molar-refractivity contribution is -0.289. The molecule has 22 heavy (non-hydrogen) atoms. The van der Waals surface area contributed by atoms with Crippen molar-refractivity contribution in [3.8, 4) is 0 Å². The largest absolute Gasteiger partial charge is 0.387 e. The van der Waals surface area contributed by atoms with Gasteiger partial charge in [-0.25, -0.2) is 0 Å². The van der Waals surface area contributed by atoms with E-state index >= 15 is 0 Å². The zero-order valence-electron chi connectivity index (χ0n) is 12.8. The van der Waals surface area contributed by atoms with Gasteiger partial charge in [-0.2, -0.15) is 11.8 Å². The van der Waals surface area contributed by atoms with Crippen molar-refractivity contribution in [3.63, 3.8) is 0 Å². The van der Waals surface area contributed by atoms with Crippen LogP contribution >= 0.6 is 24.2 Å². The molecule has 3 aliphatic heterocycles. The van der Waals surface area contributed by atoms with Gasteiger partial charge in [-0.05, 0) is 31.6 Å². The first kappa shape index (κ1) is 20.4. The van der Waals surface area contributed by atoms with Gasteiger partial charge >= 0.3 is 0 Å². The summed E-state index contributed by atoms with van der Waals surface area (Å²) in [5, 5.41) is 20.2. The van der Waals surface area contributed by atoms with Gasteiger partial charge in [0.25, 0.3) is 0 Å². The lowest BCUT2D eigenvalue weighted by atomic mass is 10.00. The summed E-state index contributed by atoms with van der Waals surface area (Å²) in [6.45, 7) is 1.73. The van der Waals surface area contributed by atoms with Gasteiger partial charge < -0.3 is 30.2 Å². The van der Waals surface area contributed by atoms with Crippen LogP contribution in [-0.4, -0.2) is 72.2 Å². The van der Waals surface area contributed by atoms with Crippen LogP contribution in [0.4, 0.5) is 0 Å². The standard InChI is InChI=1S/C14H27NO5S.ClH/c15-5-2-1-3-8-21-9-10-13-11(16)12(17)14(20-10)19-7-4-6-18-13;/h10-14,16-17H,1-9,15H2;1H. The number of unbranched alkanes of at least 4 members (excludes halogenated alkanes) is 2. The molecule has 0 saturated carbocycles. The smallest absolute Gasteiger partial charge is 0.186 e. The maximum absolute atomic E-state index is 10.2. The Labute approximate surface area is 142 Å². The Morgan fingerprint density at radius 2 is 1.82 bits per heavy atom. The number of rotatable bonds is 7. The molecule has 0 aromatic heterocycles. The third-order valence-corrected chi connectivity index (χ3v) is 4.94. The summed E-state index contributed by atoms with van der Waals surface area (Å²) in [6.07, 6.45) is 0.611. The molecule has 2 bridgehead atoms. The predicted molar refractivity (Wildman–Crippen MR) is 88.5 cm³/mol. The number of fused-ring (bicyclic) bond motifs is 6. The second kappa shape index (κ2) is 11.0. The number of aliphatic hydroxyl groups excluding tert-OH is 2. The molecule has 3 aliphatic rings. The second-order valence-electron chi connectivity index (χ2n) is 5.51. The lowest BCUT2D eigenvalue weighted by Crippen LogP contribution is -2.59. The molecule has 132 valence electrons. The normalized spacial score (nSPS) is 35.3. The topological polar surface area (TPSA) is 94.2 Å². The summed E-state index contributed by atoms with van der Waals surface area (Å²) in [5.74, 6) is 1.77. The van der Waals surface area contributed by atoms with Gasteiger partial charge in [0.2, 0.25) is 0 Å². The third kappa shape index (κ3) is 5.79. The van der Waals surface area contributed by atoms with Crippen LogP contribution in [0.2, 0.25) is 0 Å². The number of nitrogens with two attached hydrogens (primary N) is 1. The van der Waals surface area contributed by atoms with Crippen molar-refractivity contribution in [1.29, 1.82) is 0 Å². The van der Waals surface area contributed by atoms with Crippen LogP contribution < -0.4 is 5.73 Å². The average Bonchev–Trinajstić information content (AvgIpc) is 2.62. The van der Waals surface area contributed by atoms with Crippen molar-refractivity contribution in [2.45, 2.75) is 56.4 Å². The SMILES string of the molecule is Cl.NCCCCCSCC1OC2OCCCOC1C(O)C2O. The minimum Gasteiger partial charge on any atom is -0.387 e. The number of thioether (sulfide) groups is 1. The van der Waals surface area contributed by atoms with Crippen LogP contribution in [0.3, 0.4) is 0 Å². The molecule has 8 heteroatoms. The van der Waals surface area contributed by atoms with Crippen molar-refractivity contribution in [2.24, 2.45) is 5.73 Å². The highest BCUT2D eigenvalue weighted by Gasteiger charge is 2.46. The van der Waals surface area contributed by atoms with Gasteiger partial charge in [0.1, 0.15) is 18.3 Å². The van der Waals surface area contributed by atoms with E-state index in [1.165, 1.54) is 0 Å². The van der Waals surface area contributed by atoms with Gasteiger partial charge in [0.05, 0.1) is 12.7 Å². The van der Waals surface area contributed by atoms with E-state index in [0.29, 0.717) is 13.2 Å². The molecule has 5 unspecified atom stereocenters. The van der Waals surface area contributed by atoms with Crippen molar-refractivity contribution < 1.29 is 24.4 Å². The fraction of sp³-hybridized carbons (Fsp3) is 1.00. The Balaban J connectivity index is 0.00000242. The molecule has 5 atom stereocenters. The first-order valence-electron chi connectivity index (χ1n) is 7.76. The molecule has 3 fully saturated rings. The summed E-state index contributed by atoms with van der Waals surface area (Å²) in [6, 6.07) is 0. The minimum absolute atomic E-state index is 0. The first-order chi connectivity index (χ1) is 10.2. The number of hydrogen-bond acceptors (Lipinski definition) is 7. The van der Waals surface area contributed by atoms with E-state index in [1.807, 2.05) is 0 Å². The molecule has 0 radical (unpaired) electrons. The monoisotopic (exact) mass is 357 g/mol. The minimum atomic E-state index is -1.04. The van der Waals surface area contributed by atoms with Crippen molar-refractivity contribution >= 4 is 24.2 Å². The molecule has 3 heterocycles. The molecule has 3 saturated heterocycles. The van der Waals surface area contributed by atoms with Gasteiger partial charge in [-0.15, -0.1) is 12.4 Å². The van der Waals surface area contributed by atoms with Crippen molar-refractivity contribution in [3.05, 3.63) is 0 Å². The van der Waals surface area contributed by atoms with Gasteiger partial charge in [-0.1, -0.05) is 6.42 Å². The average molecular weight is 358 g/mol. The maximum atomic E-state index is 10.2. The van der Waals surface area contributed by atoms with E-state index in [1.54, 1.807) is 11.8 Å². The molecule has 0 aromatic carbocycles. The Kier molecular flexibility index (Phi) is 10.3. The molecule has 4 N–H and O–H groups in total. The Morgan fingerprint density at radius 3 is 2.59 bits per heavy atom. The number of ether oxygens (including phenoxy) is 3. The van der Waals surface area contributed by atoms with E-state index in [4.69, 9.17) is 19.9 Å². The van der Waals surface area contributed by atoms with Crippen LogP contribution in [0, 0.1) is 0 Å². The van der Waals surface area contributed by atoms with Crippen LogP contribution in [0.25, 0.3) is 0 Å². The Morgan fingerprint density at radius 1 is 1.05 bits per heavy atom. The van der Waals surface area contributed by atoms with E-state index in [9.17, 15) is 10.2 Å². The third-order valence-electron chi connectivity index (χ3n) is 3.80. The molecular formula is C14H28ClNO5S. The Bertz CT molecular complexity index is 300. The van der Waals surface area contributed by atoms with Crippen molar-refractivity contribution in [2.75, 3.05) is 31.3 Å². The lowest BCUT2D eigenvalue weighted by Gasteiger charge is -2.41. The van der Waals surface area contributed by atoms with E-state index in [2.05, 4.69) is 0 Å². The van der Waals surface area contributed by atoms with Crippen LogP contribution in [0.5, 0.6) is 0 Å². The highest BCUT2D eigenvalue weighted by Crippen LogP contribution is 2.28. The van der Waals surface area contributed by atoms with Crippen LogP contribution in [0.15, 0.2) is 0 Å². The van der Waals surface area contributed by atoms with Crippen molar-refractivity contribution in [1.82, 2.24) is 0 Å². The summed E-state index contributed by atoms with van der Waals surface area (Å²) in [5.41, 5.74) is 5.47. The van der Waals surface area contributed by atoms with Gasteiger partial charge in [0, 0.05) is 12.4 Å². The van der Waals surface area contributed by atoms with Crippen LogP contribution in [-0.2, 0) is 14.2 Å². The zero-order chi connectivity index (χ0) is 15.1. The van der Waals surface area contributed by atoms with E-state index < -0.39 is 24.6 Å². The number of halogens is 1. The predicted octanol–water partition coefficient (Wildman–Crippen LogP) is 0.523. The quantitative estimate of drug-likeness (QED) is 0.572. The molecule has 3 rings (SSSR count). The summed E-state index contributed by atoms with van der Waals surface area (Å²) >= 11 is 1.78. The maximum Gasteiger partial charge on any atom is 0.186 e.